The summed E-state index contributed by atoms with van der Waals surface area (Å²) in [6.45, 7) is 10.0. The highest BCUT2D eigenvalue weighted by atomic mass is 32.2. The number of hydrogen-bond acceptors (Lipinski definition) is 2. The van der Waals surface area contributed by atoms with Gasteiger partial charge < -0.3 is 0 Å². The monoisotopic (exact) mass is 268 g/mol. The minimum Gasteiger partial charge on any atom is -0.225 e. The van der Waals surface area contributed by atoms with Gasteiger partial charge in [0.1, 0.15) is 0 Å². The van der Waals surface area contributed by atoms with Crippen molar-refractivity contribution in [1.29, 1.82) is 0 Å². The van der Waals surface area contributed by atoms with Crippen LogP contribution in [0.3, 0.4) is 0 Å². The molecule has 93 valence electrons. The summed E-state index contributed by atoms with van der Waals surface area (Å²) in [5.74, 6) is 0. The lowest BCUT2D eigenvalue weighted by Crippen LogP contribution is -2.27. The molecule has 0 amide bonds. The molecule has 0 heterocycles. The van der Waals surface area contributed by atoms with Crippen molar-refractivity contribution >= 4 is 25.5 Å². The van der Waals surface area contributed by atoms with Crippen LogP contribution in [0.25, 0.3) is 0 Å². The molecule has 0 aliphatic carbocycles. The predicted octanol–water partition coefficient (Wildman–Crippen LogP) is 1.04. The second kappa shape index (κ2) is 4.22. The largest absolute Gasteiger partial charge is 0.237 e. The van der Waals surface area contributed by atoms with Crippen LogP contribution in [0.2, 0.25) is 0 Å². The van der Waals surface area contributed by atoms with Crippen molar-refractivity contribution in [1.82, 2.24) is 0 Å². The van der Waals surface area contributed by atoms with E-state index < -0.39 is 10.0 Å². The first-order chi connectivity index (χ1) is 7.46. The van der Waals surface area contributed by atoms with Crippen LogP contribution in [0.4, 0.5) is 0 Å². The lowest BCUT2D eigenvalue weighted by atomic mass is 9.83. The molecule has 0 bridgehead atoms. The molecular formula is C12H18NO2SSi. The summed E-state index contributed by atoms with van der Waals surface area (Å²) in [6.07, 6.45) is 0. The molecule has 5 heteroatoms. The fourth-order valence-electron chi connectivity index (χ4n) is 1.89. The van der Waals surface area contributed by atoms with E-state index in [9.17, 15) is 8.42 Å². The molecule has 0 fully saturated rings. The highest BCUT2D eigenvalue weighted by Gasteiger charge is 2.23. The van der Waals surface area contributed by atoms with Gasteiger partial charge in [0.2, 0.25) is 10.0 Å². The molecule has 3 radical (unpaired) electrons. The van der Waals surface area contributed by atoms with E-state index in [0.29, 0.717) is 5.19 Å². The maximum Gasteiger partial charge on any atom is 0.237 e. The van der Waals surface area contributed by atoms with Crippen LogP contribution < -0.4 is 10.3 Å². The molecule has 0 atom stereocenters. The Morgan fingerprint density at radius 1 is 1.18 bits per heavy atom. The number of benzene rings is 1. The number of rotatable bonds is 1. The van der Waals surface area contributed by atoms with Crippen LogP contribution in [-0.4, -0.2) is 18.7 Å². The van der Waals surface area contributed by atoms with Gasteiger partial charge >= 0.3 is 0 Å². The number of primary sulfonamides is 1. The van der Waals surface area contributed by atoms with Crippen LogP contribution >= 0.6 is 0 Å². The predicted molar refractivity (Wildman–Crippen MR) is 71.4 cm³/mol. The zero-order valence-electron chi connectivity index (χ0n) is 10.9. The SMILES string of the molecule is Cc1c(C(C)(C)C)cc(S(N)(=O)=O)c([Si])c1C. The maximum atomic E-state index is 11.5. The van der Waals surface area contributed by atoms with E-state index in [2.05, 4.69) is 31.0 Å². The Labute approximate surface area is 107 Å². The van der Waals surface area contributed by atoms with Crippen LogP contribution in [0.1, 0.15) is 37.5 Å². The average molecular weight is 268 g/mol. The standard InChI is InChI=1S/C12H18NO2SSi/c1-7-8(2)11(17)10(16(13,14)15)6-9(7)12(3,4)5/h6H,1-5H3,(H2,13,14,15). The summed E-state index contributed by atoms with van der Waals surface area (Å²) in [4.78, 5) is 0.155. The number of hydrogen-bond donors (Lipinski definition) is 1. The Kier molecular flexibility index (Phi) is 3.58. The molecule has 0 spiro atoms. The second-order valence-electron chi connectivity index (χ2n) is 5.34. The van der Waals surface area contributed by atoms with Crippen molar-refractivity contribution in [3.05, 3.63) is 22.8 Å². The minimum absolute atomic E-state index is 0.117. The lowest BCUT2D eigenvalue weighted by molar-refractivity contribution is 0.580. The molecule has 2 N–H and O–H groups in total. The Balaban J connectivity index is 3.75. The van der Waals surface area contributed by atoms with Gasteiger partial charge in [-0.2, -0.15) is 0 Å². The van der Waals surface area contributed by atoms with E-state index in [4.69, 9.17) is 5.14 Å². The van der Waals surface area contributed by atoms with Gasteiger partial charge in [-0.15, -0.1) is 0 Å². The smallest absolute Gasteiger partial charge is 0.225 e. The maximum absolute atomic E-state index is 11.5. The Morgan fingerprint density at radius 2 is 1.65 bits per heavy atom. The van der Waals surface area contributed by atoms with Crippen LogP contribution in [0, 0.1) is 13.8 Å². The van der Waals surface area contributed by atoms with Gasteiger partial charge in [-0.05, 0) is 47.2 Å². The summed E-state index contributed by atoms with van der Waals surface area (Å²) in [7, 11) is -0.340. The summed E-state index contributed by atoms with van der Waals surface area (Å²) in [5, 5.41) is 5.78. The molecule has 1 rings (SSSR count). The Bertz CT molecular complexity index is 557. The average Bonchev–Trinajstić information content (AvgIpc) is 2.10. The third kappa shape index (κ3) is 2.78. The first-order valence-electron chi connectivity index (χ1n) is 5.35. The molecule has 0 aromatic heterocycles. The van der Waals surface area contributed by atoms with Gasteiger partial charge in [-0.3, -0.25) is 0 Å². The molecule has 0 saturated carbocycles. The van der Waals surface area contributed by atoms with E-state index in [-0.39, 0.29) is 10.3 Å². The summed E-state index contributed by atoms with van der Waals surface area (Å²) in [6, 6.07) is 1.67. The van der Waals surface area contributed by atoms with Gasteiger partial charge in [0.05, 0.1) is 15.1 Å². The van der Waals surface area contributed by atoms with Crippen LogP contribution in [-0.2, 0) is 15.4 Å². The molecule has 1 aromatic rings. The fourth-order valence-corrected chi connectivity index (χ4v) is 3.30. The van der Waals surface area contributed by atoms with Gasteiger partial charge in [-0.1, -0.05) is 20.8 Å². The van der Waals surface area contributed by atoms with E-state index in [1.165, 1.54) is 0 Å². The topological polar surface area (TPSA) is 60.2 Å². The van der Waals surface area contributed by atoms with Crippen molar-refractivity contribution < 1.29 is 8.42 Å². The second-order valence-corrected chi connectivity index (χ2v) is 7.37. The zero-order valence-corrected chi connectivity index (χ0v) is 12.7. The first kappa shape index (κ1) is 14.4. The van der Waals surface area contributed by atoms with Gasteiger partial charge in [0.15, 0.2) is 0 Å². The summed E-state index contributed by atoms with van der Waals surface area (Å²) < 4.78 is 23.1. The van der Waals surface area contributed by atoms with E-state index in [1.807, 2.05) is 13.8 Å². The van der Waals surface area contributed by atoms with Crippen molar-refractivity contribution in [2.24, 2.45) is 5.14 Å². The number of nitrogens with two attached hydrogens (primary N) is 1. The molecule has 0 aliphatic heterocycles. The molecule has 0 unspecified atom stereocenters. The van der Waals surface area contributed by atoms with Crippen molar-refractivity contribution in [3.8, 4) is 0 Å². The van der Waals surface area contributed by atoms with E-state index in [1.54, 1.807) is 6.07 Å². The normalized spacial score (nSPS) is 12.9. The van der Waals surface area contributed by atoms with Crippen molar-refractivity contribution in [3.63, 3.8) is 0 Å². The van der Waals surface area contributed by atoms with E-state index in [0.717, 1.165) is 16.7 Å². The Hall–Kier alpha value is -0.653. The molecular weight excluding hydrogens is 250 g/mol. The molecule has 17 heavy (non-hydrogen) atoms. The van der Waals surface area contributed by atoms with Gasteiger partial charge in [-0.25, -0.2) is 13.6 Å². The van der Waals surface area contributed by atoms with Gasteiger partial charge in [0, 0.05) is 0 Å². The fraction of sp³-hybridized carbons (Fsp3) is 0.500. The highest BCUT2D eigenvalue weighted by Crippen LogP contribution is 2.28. The zero-order chi connectivity index (χ0) is 13.6. The van der Waals surface area contributed by atoms with Crippen molar-refractivity contribution in [2.45, 2.75) is 44.9 Å². The van der Waals surface area contributed by atoms with Crippen LogP contribution in [0.5, 0.6) is 0 Å². The molecule has 0 saturated heterocycles. The first-order valence-corrected chi connectivity index (χ1v) is 7.40. The quantitative estimate of drug-likeness (QED) is 0.774. The van der Waals surface area contributed by atoms with Crippen LogP contribution in [0.15, 0.2) is 11.0 Å². The third-order valence-electron chi connectivity index (χ3n) is 2.98. The summed E-state index contributed by atoms with van der Waals surface area (Å²) in [5.41, 5.74) is 2.89. The number of sulfonamides is 1. The van der Waals surface area contributed by atoms with E-state index >= 15 is 0 Å². The third-order valence-corrected chi connectivity index (χ3v) is 4.74. The minimum atomic E-state index is -3.70. The summed E-state index contributed by atoms with van der Waals surface area (Å²) >= 11 is 0. The Morgan fingerprint density at radius 3 is 2.00 bits per heavy atom. The lowest BCUT2D eigenvalue weighted by Gasteiger charge is -2.25. The molecule has 3 nitrogen and oxygen atoms in total. The highest BCUT2D eigenvalue weighted by molar-refractivity contribution is 7.89. The van der Waals surface area contributed by atoms with Crippen molar-refractivity contribution in [2.75, 3.05) is 0 Å². The van der Waals surface area contributed by atoms with Gasteiger partial charge in [0.25, 0.3) is 0 Å². The molecule has 0 aliphatic rings. The molecule has 1 aromatic carbocycles.